The molecule has 1 aliphatic heterocycles. The summed E-state index contributed by atoms with van der Waals surface area (Å²) in [6.07, 6.45) is 1.96. The minimum Gasteiger partial charge on any atom is -0.457 e. The van der Waals surface area contributed by atoms with E-state index in [1.807, 2.05) is 6.20 Å². The number of nitrogens with zero attached hydrogens (tertiary/aromatic N) is 4. The summed E-state index contributed by atoms with van der Waals surface area (Å²) in [6.45, 7) is 33.0. The maximum atomic E-state index is 7.32. The molecule has 5 nitrogen and oxygen atoms in total. The van der Waals surface area contributed by atoms with Crippen molar-refractivity contribution < 1.29 is 4.74 Å². The Bertz CT molecular complexity index is 3860. The van der Waals surface area contributed by atoms with E-state index in [1.54, 1.807) is 0 Å². The molecule has 0 N–H and O–H groups in total. The number of aromatic nitrogens is 2. The van der Waals surface area contributed by atoms with Crippen LogP contribution in [-0.2, 0) is 21.7 Å². The molecule has 0 fully saturated rings. The third-order valence-electron chi connectivity index (χ3n) is 17.0. The van der Waals surface area contributed by atoms with Crippen molar-refractivity contribution >= 4 is 44.6 Å². The number of fused-ring (bicyclic) bond motifs is 4. The zero-order valence-corrected chi connectivity index (χ0v) is 49.0. The highest BCUT2D eigenvalue weighted by Crippen LogP contribution is 2.49. The van der Waals surface area contributed by atoms with E-state index in [4.69, 9.17) is 9.72 Å². The number of pyridine rings is 1. The molecular weight excluding hydrogens is 961 g/mol. The number of anilines is 4. The number of hydrogen-bond acceptors (Lipinski definition) is 4. The molecule has 8 aromatic carbocycles. The fraction of sp³-hybridized carbons (Fsp3) is 0.284. The van der Waals surface area contributed by atoms with Crippen LogP contribution >= 0.6 is 0 Å². The number of ether oxygens (including phenoxy) is 1. The van der Waals surface area contributed by atoms with Crippen molar-refractivity contribution in [3.05, 3.63) is 239 Å². The van der Waals surface area contributed by atoms with Crippen LogP contribution in [0.4, 0.5) is 22.7 Å². The van der Waals surface area contributed by atoms with Gasteiger partial charge in [0, 0.05) is 51.3 Å². The Balaban J connectivity index is 1.08. The molecule has 5 heteroatoms. The van der Waals surface area contributed by atoms with Crippen molar-refractivity contribution in [1.82, 2.24) is 9.55 Å². The summed E-state index contributed by atoms with van der Waals surface area (Å²) in [5.41, 5.74) is 18.9. The molecule has 0 atom stereocenters. The largest absolute Gasteiger partial charge is 0.457 e. The molecule has 0 spiro atoms. The fourth-order valence-electron chi connectivity index (χ4n) is 11.9. The first-order valence-electron chi connectivity index (χ1n) is 28.5. The van der Waals surface area contributed by atoms with Gasteiger partial charge in [-0.3, -0.25) is 4.57 Å². The molecule has 0 amide bonds. The van der Waals surface area contributed by atoms with Gasteiger partial charge in [-0.15, -0.1) is 0 Å². The molecule has 1 aliphatic rings. The smallest absolute Gasteiger partial charge is 0.137 e. The quantitative estimate of drug-likeness (QED) is 0.122. The molecule has 2 aromatic heterocycles. The van der Waals surface area contributed by atoms with Crippen LogP contribution < -0.4 is 14.5 Å². The number of hydrogen-bond donors (Lipinski definition) is 0. The number of benzene rings is 8. The Kier molecular flexibility index (Phi) is 13.5. The van der Waals surface area contributed by atoms with Gasteiger partial charge < -0.3 is 14.5 Å². The van der Waals surface area contributed by atoms with Gasteiger partial charge in [-0.1, -0.05) is 200 Å². The number of para-hydroxylation sites is 2. The summed E-state index contributed by atoms with van der Waals surface area (Å²) in [4.78, 5) is 10.1. The van der Waals surface area contributed by atoms with Crippen LogP contribution in [0.5, 0.6) is 11.5 Å². The monoisotopic (exact) mass is 1040 g/mol. The summed E-state index contributed by atoms with van der Waals surface area (Å²) in [5, 5.41) is 2.33. The van der Waals surface area contributed by atoms with E-state index >= 15 is 0 Å². The van der Waals surface area contributed by atoms with E-state index in [2.05, 4.69) is 299 Å². The van der Waals surface area contributed by atoms with Crippen molar-refractivity contribution in [3.63, 3.8) is 0 Å². The lowest BCUT2D eigenvalue weighted by molar-refractivity contribution is 0.483. The predicted octanol–water partition coefficient (Wildman–Crippen LogP) is 20.4. The summed E-state index contributed by atoms with van der Waals surface area (Å²) in [6, 6.07) is 69.7. The molecule has 0 saturated heterocycles. The van der Waals surface area contributed by atoms with Gasteiger partial charge in [0.05, 0.1) is 22.4 Å². The average Bonchev–Trinajstić information content (AvgIpc) is 4.17. The minimum absolute atomic E-state index is 0.0600. The molecule has 10 aromatic rings. The van der Waals surface area contributed by atoms with Crippen LogP contribution in [0.15, 0.2) is 194 Å². The zero-order chi connectivity index (χ0) is 55.8. The highest BCUT2D eigenvalue weighted by Gasteiger charge is 2.33. The van der Waals surface area contributed by atoms with Crippen LogP contribution in [0.2, 0.25) is 0 Å². The van der Waals surface area contributed by atoms with E-state index in [9.17, 15) is 0 Å². The van der Waals surface area contributed by atoms with Crippen molar-refractivity contribution in [1.29, 1.82) is 0 Å². The van der Waals surface area contributed by atoms with Crippen LogP contribution in [0.3, 0.4) is 0 Å². The molecule has 0 bridgehead atoms. The second kappa shape index (κ2) is 20.1. The first-order valence-corrected chi connectivity index (χ1v) is 28.5. The molecule has 0 unspecified atom stereocenters. The Hall–Kier alpha value is -7.89. The van der Waals surface area contributed by atoms with E-state index < -0.39 is 0 Å². The van der Waals surface area contributed by atoms with Crippen LogP contribution in [0, 0.1) is 0 Å². The second-order valence-corrected chi connectivity index (χ2v) is 25.8. The normalized spacial score (nSPS) is 13.3. The molecule has 0 aliphatic carbocycles. The first-order chi connectivity index (χ1) is 37.6. The van der Waals surface area contributed by atoms with Gasteiger partial charge in [0.25, 0.3) is 0 Å². The van der Waals surface area contributed by atoms with Crippen LogP contribution in [0.1, 0.15) is 153 Å². The Morgan fingerprint density at radius 3 is 1.58 bits per heavy atom. The molecule has 11 rings (SSSR count). The topological polar surface area (TPSA) is 33.5 Å². The maximum absolute atomic E-state index is 7.32. The molecule has 79 heavy (non-hydrogen) atoms. The molecule has 3 heterocycles. The third-order valence-corrected chi connectivity index (χ3v) is 17.0. The molecule has 0 saturated carbocycles. The minimum atomic E-state index is -0.221. The highest BCUT2D eigenvalue weighted by molar-refractivity contribution is 6.10. The van der Waals surface area contributed by atoms with Crippen molar-refractivity contribution in [2.45, 2.75) is 130 Å². The van der Waals surface area contributed by atoms with Gasteiger partial charge >= 0.3 is 0 Å². The zero-order valence-electron chi connectivity index (χ0n) is 49.0. The van der Waals surface area contributed by atoms with Crippen molar-refractivity contribution in [2.24, 2.45) is 0 Å². The van der Waals surface area contributed by atoms with Gasteiger partial charge in [0.15, 0.2) is 0 Å². The summed E-state index contributed by atoms with van der Waals surface area (Å²) in [7, 11) is 0. The van der Waals surface area contributed by atoms with Gasteiger partial charge in [0.1, 0.15) is 24.0 Å². The summed E-state index contributed by atoms with van der Waals surface area (Å²) < 4.78 is 9.66. The fourth-order valence-corrected chi connectivity index (χ4v) is 11.9. The highest BCUT2D eigenvalue weighted by atomic mass is 16.5. The lowest BCUT2D eigenvalue weighted by atomic mass is 9.75. The van der Waals surface area contributed by atoms with E-state index in [0.29, 0.717) is 18.5 Å². The Morgan fingerprint density at radius 1 is 0.418 bits per heavy atom. The van der Waals surface area contributed by atoms with Crippen LogP contribution in [0.25, 0.3) is 38.8 Å². The van der Waals surface area contributed by atoms with E-state index in [-0.39, 0.29) is 21.7 Å². The van der Waals surface area contributed by atoms with Gasteiger partial charge in [-0.05, 0) is 151 Å². The second-order valence-electron chi connectivity index (χ2n) is 25.8. The first kappa shape index (κ1) is 53.1. The van der Waals surface area contributed by atoms with Gasteiger partial charge in [-0.2, -0.15) is 0 Å². The molecule has 0 radical (unpaired) electrons. The van der Waals surface area contributed by atoms with Crippen LogP contribution in [-0.4, -0.2) is 16.2 Å². The van der Waals surface area contributed by atoms with Crippen molar-refractivity contribution in [2.75, 3.05) is 16.5 Å². The summed E-state index contributed by atoms with van der Waals surface area (Å²) in [5.74, 6) is 3.04. The maximum Gasteiger partial charge on any atom is 0.137 e. The van der Waals surface area contributed by atoms with Crippen molar-refractivity contribution in [3.8, 4) is 28.4 Å². The Morgan fingerprint density at radius 2 is 0.987 bits per heavy atom. The molecular formula is C74H78N4O. The van der Waals surface area contributed by atoms with Gasteiger partial charge in [-0.25, -0.2) is 4.98 Å². The average molecular weight is 1040 g/mol. The molecule has 400 valence electrons. The van der Waals surface area contributed by atoms with Gasteiger partial charge in [0.2, 0.25) is 0 Å². The van der Waals surface area contributed by atoms with E-state index in [0.717, 1.165) is 50.7 Å². The SMILES string of the molecule is CC(C)c1cccc(C(C)C)c1-c1cc(Oc2ccc3c4cc(C(C)(C)c5ccccc5)ccc4n(-c4cc(C(C)(C)C)ccn4)c3c2)cc(N2CN(c3cc(C(C)(C)C)cc(C(C)(C)c4ccccc4)c3)c3ccccc32)c1. The number of rotatable bonds is 12. The predicted molar refractivity (Wildman–Crippen MR) is 335 cm³/mol. The third kappa shape index (κ3) is 9.92. The standard InChI is InChI=1S/C74H78N4O/c1-48(2)61-28-23-29-62(49(3)4)70(61)50-38-57(76-47-77(67-31-22-21-30-66(67)76)58-41-55(72(8,9)10)40-56(42-58)74(13,14)52-26-19-16-20-27-52)45-60(39-50)79-59-33-34-63-64-43-54(73(11,12)51-24-17-15-18-25-51)32-35-65(64)78(68(63)46-59)69-44-53(36-37-75-69)71(5,6)7/h15-46,48-49H,47H2,1-14H3. The summed E-state index contributed by atoms with van der Waals surface area (Å²) >= 11 is 0. The Labute approximate surface area is 470 Å². The lowest BCUT2D eigenvalue weighted by Crippen LogP contribution is -2.26. The lowest BCUT2D eigenvalue weighted by Gasteiger charge is -2.32. The van der Waals surface area contributed by atoms with E-state index in [1.165, 1.54) is 66.8 Å².